The second-order valence-electron chi connectivity index (χ2n) is 4.87. The number of nitrogens with zero attached hydrogens (tertiary/aromatic N) is 3. The van der Waals surface area contributed by atoms with Gasteiger partial charge in [0, 0.05) is 19.2 Å². The van der Waals surface area contributed by atoms with Crippen LogP contribution in [0.25, 0.3) is 0 Å². The highest BCUT2D eigenvalue weighted by atomic mass is 32.2. The first-order chi connectivity index (χ1) is 9.77. The number of nitrogens with one attached hydrogen (secondary N) is 1. The van der Waals surface area contributed by atoms with Crippen LogP contribution in [0.3, 0.4) is 0 Å². The minimum Gasteiger partial charge on any atom is -0.465 e. The van der Waals surface area contributed by atoms with Crippen molar-refractivity contribution in [2.24, 2.45) is 12.8 Å². The summed E-state index contributed by atoms with van der Waals surface area (Å²) in [5, 5.41) is 7.64. The Labute approximate surface area is 123 Å². The molecule has 116 valence electrons. The maximum absolute atomic E-state index is 12.6. The van der Waals surface area contributed by atoms with E-state index in [4.69, 9.17) is 10.2 Å². The summed E-state index contributed by atoms with van der Waals surface area (Å²) in [6.07, 6.45) is 1.51. The van der Waals surface area contributed by atoms with Gasteiger partial charge in [-0.3, -0.25) is 0 Å². The van der Waals surface area contributed by atoms with Crippen molar-refractivity contribution < 1.29 is 12.8 Å². The summed E-state index contributed by atoms with van der Waals surface area (Å²) < 4.78 is 34.8. The number of furan rings is 1. The maximum atomic E-state index is 12.6. The fourth-order valence-corrected chi connectivity index (χ4v) is 3.99. The van der Waals surface area contributed by atoms with Gasteiger partial charge in [0.05, 0.1) is 6.04 Å². The first-order valence-corrected chi connectivity index (χ1v) is 7.91. The van der Waals surface area contributed by atoms with Crippen LogP contribution < -0.4 is 10.5 Å². The van der Waals surface area contributed by atoms with Crippen molar-refractivity contribution in [3.63, 3.8) is 0 Å². The first kappa shape index (κ1) is 15.7. The molecule has 21 heavy (non-hydrogen) atoms. The van der Waals surface area contributed by atoms with E-state index in [1.807, 2.05) is 0 Å². The third kappa shape index (κ3) is 2.85. The predicted molar refractivity (Wildman–Crippen MR) is 75.8 cm³/mol. The SMILES string of the molecule is Cc1oc(C)c(S(=O)(=O)NC(C)c2nncn2C)c1CN. The molecule has 0 saturated carbocycles. The number of rotatable bonds is 5. The molecule has 0 aliphatic rings. The highest BCUT2D eigenvalue weighted by molar-refractivity contribution is 7.89. The Balaban J connectivity index is 2.38. The van der Waals surface area contributed by atoms with Crippen molar-refractivity contribution in [3.05, 3.63) is 29.2 Å². The summed E-state index contributed by atoms with van der Waals surface area (Å²) in [5.74, 6) is 1.36. The minimum absolute atomic E-state index is 0.0950. The Morgan fingerprint density at radius 2 is 2.10 bits per heavy atom. The van der Waals surface area contributed by atoms with Crippen LogP contribution >= 0.6 is 0 Å². The largest absolute Gasteiger partial charge is 0.465 e. The summed E-state index contributed by atoms with van der Waals surface area (Å²) >= 11 is 0. The molecule has 0 saturated heterocycles. The van der Waals surface area contributed by atoms with Crippen LogP contribution in [0.5, 0.6) is 0 Å². The van der Waals surface area contributed by atoms with Gasteiger partial charge < -0.3 is 14.7 Å². The Morgan fingerprint density at radius 1 is 1.43 bits per heavy atom. The standard InChI is InChI=1S/C12H19N5O3S/c1-7(12-15-14-6-17(12)4)16-21(18,19)11-9(3)20-8(2)10(11)5-13/h6-7,16H,5,13H2,1-4H3. The Hall–Kier alpha value is -1.71. The summed E-state index contributed by atoms with van der Waals surface area (Å²) in [5.41, 5.74) is 6.12. The van der Waals surface area contributed by atoms with E-state index in [1.54, 1.807) is 32.4 Å². The highest BCUT2D eigenvalue weighted by Crippen LogP contribution is 2.27. The highest BCUT2D eigenvalue weighted by Gasteiger charge is 2.28. The molecule has 0 aromatic carbocycles. The number of nitrogens with two attached hydrogens (primary N) is 1. The van der Waals surface area contributed by atoms with E-state index in [0.29, 0.717) is 22.9 Å². The lowest BCUT2D eigenvalue weighted by atomic mass is 10.2. The number of hydrogen-bond donors (Lipinski definition) is 2. The smallest absolute Gasteiger partial charge is 0.245 e. The Kier molecular flexibility index (Phi) is 4.17. The van der Waals surface area contributed by atoms with E-state index < -0.39 is 16.1 Å². The van der Waals surface area contributed by atoms with Crippen LogP contribution in [0.15, 0.2) is 15.6 Å². The van der Waals surface area contributed by atoms with Gasteiger partial charge in [-0.05, 0) is 20.8 Å². The zero-order chi connectivity index (χ0) is 15.8. The second-order valence-corrected chi connectivity index (χ2v) is 6.52. The fourth-order valence-electron chi connectivity index (χ4n) is 2.33. The van der Waals surface area contributed by atoms with Gasteiger partial charge in [-0.25, -0.2) is 13.1 Å². The molecule has 0 fully saturated rings. The molecule has 1 unspecified atom stereocenters. The van der Waals surface area contributed by atoms with Crippen LogP contribution in [-0.4, -0.2) is 23.2 Å². The summed E-state index contributed by atoms with van der Waals surface area (Å²) in [4.78, 5) is 0.108. The molecule has 0 spiro atoms. The molecule has 0 aliphatic heterocycles. The normalized spacial score (nSPS) is 13.6. The molecular weight excluding hydrogens is 294 g/mol. The molecule has 2 aromatic heterocycles. The Bertz CT molecular complexity index is 747. The lowest BCUT2D eigenvalue weighted by molar-refractivity contribution is 0.493. The molecule has 9 heteroatoms. The molecule has 0 bridgehead atoms. The zero-order valence-electron chi connectivity index (χ0n) is 12.4. The number of aromatic nitrogens is 3. The van der Waals surface area contributed by atoms with E-state index in [1.165, 1.54) is 6.33 Å². The van der Waals surface area contributed by atoms with Gasteiger partial charge in [-0.15, -0.1) is 10.2 Å². The quantitative estimate of drug-likeness (QED) is 0.831. The van der Waals surface area contributed by atoms with Crippen molar-refractivity contribution in [3.8, 4) is 0 Å². The van der Waals surface area contributed by atoms with Crippen molar-refractivity contribution in [1.82, 2.24) is 19.5 Å². The van der Waals surface area contributed by atoms with E-state index in [2.05, 4.69) is 14.9 Å². The number of aryl methyl sites for hydroxylation is 3. The molecule has 0 radical (unpaired) electrons. The van der Waals surface area contributed by atoms with Gasteiger partial charge in [0.15, 0.2) is 0 Å². The molecule has 0 aliphatic carbocycles. The van der Waals surface area contributed by atoms with E-state index in [-0.39, 0.29) is 11.4 Å². The number of sulfonamides is 1. The van der Waals surface area contributed by atoms with Gasteiger partial charge >= 0.3 is 0 Å². The second kappa shape index (κ2) is 5.58. The van der Waals surface area contributed by atoms with Crippen LogP contribution in [-0.2, 0) is 23.6 Å². The third-order valence-corrected chi connectivity index (χ3v) is 5.00. The molecule has 3 N–H and O–H groups in total. The van der Waals surface area contributed by atoms with Crippen LogP contribution in [0, 0.1) is 13.8 Å². The predicted octanol–water partition coefficient (Wildman–Crippen LogP) is 0.523. The molecule has 1 atom stereocenters. The van der Waals surface area contributed by atoms with E-state index in [0.717, 1.165) is 0 Å². The number of hydrogen-bond acceptors (Lipinski definition) is 6. The fraction of sp³-hybridized carbons (Fsp3) is 0.500. The molecular formula is C12H19N5O3S. The third-order valence-electron chi connectivity index (χ3n) is 3.26. The molecule has 2 aromatic rings. The van der Waals surface area contributed by atoms with E-state index in [9.17, 15) is 8.42 Å². The van der Waals surface area contributed by atoms with Crippen molar-refractivity contribution in [2.45, 2.75) is 38.3 Å². The minimum atomic E-state index is -3.76. The lowest BCUT2D eigenvalue weighted by Gasteiger charge is -2.13. The van der Waals surface area contributed by atoms with Gasteiger partial charge in [0.2, 0.25) is 10.0 Å². The molecule has 2 heterocycles. The molecule has 0 amide bonds. The van der Waals surface area contributed by atoms with Gasteiger partial charge in [-0.1, -0.05) is 0 Å². The average Bonchev–Trinajstić information content (AvgIpc) is 2.91. The molecule has 2 rings (SSSR count). The van der Waals surface area contributed by atoms with Gasteiger partial charge in [0.25, 0.3) is 0 Å². The van der Waals surface area contributed by atoms with Crippen LogP contribution in [0.1, 0.15) is 35.9 Å². The average molecular weight is 313 g/mol. The Morgan fingerprint density at radius 3 is 2.62 bits per heavy atom. The summed E-state index contributed by atoms with van der Waals surface area (Å²) in [6, 6.07) is -0.525. The van der Waals surface area contributed by atoms with Crippen LogP contribution in [0.4, 0.5) is 0 Å². The van der Waals surface area contributed by atoms with Crippen molar-refractivity contribution in [1.29, 1.82) is 0 Å². The first-order valence-electron chi connectivity index (χ1n) is 6.43. The molecule has 8 nitrogen and oxygen atoms in total. The lowest BCUT2D eigenvalue weighted by Crippen LogP contribution is -2.29. The topological polar surface area (TPSA) is 116 Å². The van der Waals surface area contributed by atoms with Gasteiger partial charge in [-0.2, -0.15) is 0 Å². The van der Waals surface area contributed by atoms with Crippen molar-refractivity contribution >= 4 is 10.0 Å². The summed E-state index contributed by atoms with van der Waals surface area (Å²) in [6.45, 7) is 5.09. The maximum Gasteiger partial charge on any atom is 0.245 e. The van der Waals surface area contributed by atoms with E-state index >= 15 is 0 Å². The van der Waals surface area contributed by atoms with Crippen LogP contribution in [0.2, 0.25) is 0 Å². The van der Waals surface area contributed by atoms with Gasteiger partial charge in [0.1, 0.15) is 28.6 Å². The zero-order valence-corrected chi connectivity index (χ0v) is 13.2. The monoisotopic (exact) mass is 313 g/mol. The summed E-state index contributed by atoms with van der Waals surface area (Å²) in [7, 11) is -2.01. The van der Waals surface area contributed by atoms with Crippen molar-refractivity contribution in [2.75, 3.05) is 0 Å².